The van der Waals surface area contributed by atoms with Crippen LogP contribution in [0.1, 0.15) is 65.1 Å². The van der Waals surface area contributed by atoms with Crippen LogP contribution in [0.2, 0.25) is 0 Å². The Kier molecular flexibility index (Phi) is 7.54. The van der Waals surface area contributed by atoms with Crippen molar-refractivity contribution < 1.29 is 28.9 Å². The van der Waals surface area contributed by atoms with Gasteiger partial charge in [0.05, 0.1) is 12.7 Å². The molecule has 0 bridgehead atoms. The highest BCUT2D eigenvalue weighted by atomic mass is 16.5. The van der Waals surface area contributed by atoms with E-state index in [1.807, 2.05) is 89.3 Å². The number of aryl methyl sites for hydroxylation is 1. The van der Waals surface area contributed by atoms with Crippen molar-refractivity contribution in [2.75, 3.05) is 12.4 Å². The minimum atomic E-state index is -0.920. The number of rotatable bonds is 4. The Bertz CT molecular complexity index is 1480. The number of nitrogens with one attached hydrogen (secondary N) is 1. The monoisotopic (exact) mass is 527 g/mol. The molecule has 3 aromatic rings. The van der Waals surface area contributed by atoms with Gasteiger partial charge in [-0.25, -0.2) is 4.79 Å². The molecule has 202 valence electrons. The molecule has 7 heteroatoms. The highest BCUT2D eigenvalue weighted by Crippen LogP contribution is 2.32. The normalized spacial score (nSPS) is 15.3. The zero-order valence-electron chi connectivity index (χ0n) is 23.0. The van der Waals surface area contributed by atoms with Crippen LogP contribution in [0, 0.1) is 6.92 Å². The van der Waals surface area contributed by atoms with Crippen molar-refractivity contribution >= 4 is 29.7 Å². The van der Waals surface area contributed by atoms with E-state index in [-0.39, 0.29) is 22.7 Å². The predicted molar refractivity (Wildman–Crippen MR) is 153 cm³/mol. The summed E-state index contributed by atoms with van der Waals surface area (Å²) in [7, 11) is 1.62. The molecule has 0 aromatic heterocycles. The number of aromatic carboxylic acids is 1. The van der Waals surface area contributed by atoms with Gasteiger partial charge in [0.25, 0.3) is 5.91 Å². The van der Waals surface area contributed by atoms with Crippen LogP contribution < -0.4 is 19.5 Å². The number of carboxylic acids is 1. The van der Waals surface area contributed by atoms with Crippen LogP contribution in [0.5, 0.6) is 17.2 Å². The molecule has 0 radical (unpaired) electrons. The first kappa shape index (κ1) is 27.5. The Morgan fingerprint density at radius 2 is 1.33 bits per heavy atom. The van der Waals surface area contributed by atoms with E-state index in [1.165, 1.54) is 0 Å². The van der Waals surface area contributed by atoms with E-state index in [9.17, 15) is 9.59 Å². The van der Waals surface area contributed by atoms with Gasteiger partial charge < -0.3 is 24.6 Å². The molecule has 3 aromatic carbocycles. The first-order valence-electron chi connectivity index (χ1n) is 12.6. The average molecular weight is 528 g/mol. The number of fused-ring (bicyclic) bond motifs is 2. The molecule has 0 atom stereocenters. The Balaban J connectivity index is 0.000000202. The van der Waals surface area contributed by atoms with Gasteiger partial charge in [-0.1, -0.05) is 18.2 Å². The van der Waals surface area contributed by atoms with Gasteiger partial charge in [0.2, 0.25) is 0 Å². The molecule has 2 heterocycles. The van der Waals surface area contributed by atoms with Crippen molar-refractivity contribution in [2.24, 2.45) is 0 Å². The SMILES string of the molecule is CC1(C)C=Cc2cc(C(=O)O)ccc2O1.COc1cc(NC(=O)c2ccc3c(c2)C=CC(C)(C)O3)ccc1C. The summed E-state index contributed by atoms with van der Waals surface area (Å²) in [5, 5.41) is 11.7. The Morgan fingerprint density at radius 3 is 1.87 bits per heavy atom. The quantitative estimate of drug-likeness (QED) is 0.379. The largest absolute Gasteiger partial charge is 0.496 e. The zero-order valence-corrected chi connectivity index (χ0v) is 23.0. The molecule has 0 saturated carbocycles. The van der Waals surface area contributed by atoms with Crippen molar-refractivity contribution in [3.05, 3.63) is 94.6 Å². The Morgan fingerprint density at radius 1 is 0.795 bits per heavy atom. The van der Waals surface area contributed by atoms with Crippen LogP contribution in [0.25, 0.3) is 12.2 Å². The number of methoxy groups -OCH3 is 1. The molecule has 2 aliphatic heterocycles. The molecule has 0 aliphatic carbocycles. The molecule has 5 rings (SSSR count). The zero-order chi connectivity index (χ0) is 28.4. The van der Waals surface area contributed by atoms with Crippen molar-refractivity contribution in [1.82, 2.24) is 0 Å². The molecule has 7 nitrogen and oxygen atoms in total. The minimum Gasteiger partial charge on any atom is -0.496 e. The molecule has 2 aliphatic rings. The van der Waals surface area contributed by atoms with E-state index >= 15 is 0 Å². The van der Waals surface area contributed by atoms with Gasteiger partial charge in [0.15, 0.2) is 0 Å². The van der Waals surface area contributed by atoms with Crippen LogP contribution in [0.4, 0.5) is 5.69 Å². The van der Waals surface area contributed by atoms with Gasteiger partial charge in [0, 0.05) is 28.4 Å². The van der Waals surface area contributed by atoms with Gasteiger partial charge in [-0.15, -0.1) is 0 Å². The number of benzene rings is 3. The summed E-state index contributed by atoms with van der Waals surface area (Å²) in [5.74, 6) is 1.18. The fourth-order valence-corrected chi connectivity index (χ4v) is 4.13. The Hall–Kier alpha value is -4.52. The van der Waals surface area contributed by atoms with Crippen LogP contribution in [0.3, 0.4) is 0 Å². The summed E-state index contributed by atoms with van der Waals surface area (Å²) in [6.07, 6.45) is 7.79. The number of carbonyl (C=O) groups excluding carboxylic acids is 1. The number of carbonyl (C=O) groups is 2. The van der Waals surface area contributed by atoms with Gasteiger partial charge in [-0.2, -0.15) is 0 Å². The third kappa shape index (κ3) is 6.68. The van der Waals surface area contributed by atoms with Crippen LogP contribution in [-0.4, -0.2) is 35.3 Å². The predicted octanol–water partition coefficient (Wildman–Crippen LogP) is 7.01. The van der Waals surface area contributed by atoms with E-state index in [0.717, 1.165) is 33.9 Å². The smallest absolute Gasteiger partial charge is 0.335 e. The van der Waals surface area contributed by atoms with E-state index in [1.54, 1.807) is 31.4 Å². The third-order valence-corrected chi connectivity index (χ3v) is 6.27. The van der Waals surface area contributed by atoms with Crippen LogP contribution in [-0.2, 0) is 0 Å². The van der Waals surface area contributed by atoms with Gasteiger partial charge in [0.1, 0.15) is 28.5 Å². The van der Waals surface area contributed by atoms with Gasteiger partial charge in [-0.05, 0) is 94.8 Å². The summed E-state index contributed by atoms with van der Waals surface area (Å²) >= 11 is 0. The molecule has 2 N–H and O–H groups in total. The first-order valence-corrected chi connectivity index (χ1v) is 12.6. The second-order valence-electron chi connectivity index (χ2n) is 10.5. The highest BCUT2D eigenvalue weighted by Gasteiger charge is 2.23. The highest BCUT2D eigenvalue weighted by molar-refractivity contribution is 6.05. The summed E-state index contributed by atoms with van der Waals surface area (Å²) < 4.78 is 16.8. The van der Waals surface area contributed by atoms with E-state index in [4.69, 9.17) is 19.3 Å². The fourth-order valence-electron chi connectivity index (χ4n) is 4.13. The number of amides is 1. The molecule has 1 amide bonds. The lowest BCUT2D eigenvalue weighted by molar-refractivity contribution is 0.0696. The summed E-state index contributed by atoms with van der Waals surface area (Å²) in [4.78, 5) is 23.2. The number of hydrogen-bond acceptors (Lipinski definition) is 5. The summed E-state index contributed by atoms with van der Waals surface area (Å²) in [5.41, 5.74) is 3.66. The molecular formula is C32H33NO6. The van der Waals surface area contributed by atoms with Crippen LogP contribution in [0.15, 0.2) is 66.7 Å². The van der Waals surface area contributed by atoms with Crippen molar-refractivity contribution in [3.63, 3.8) is 0 Å². The molecule has 0 unspecified atom stereocenters. The van der Waals surface area contributed by atoms with E-state index in [2.05, 4.69) is 5.32 Å². The Labute approximate surface area is 228 Å². The summed E-state index contributed by atoms with van der Waals surface area (Å²) in [6, 6.07) is 15.9. The van der Waals surface area contributed by atoms with E-state index < -0.39 is 5.97 Å². The molecule has 0 spiro atoms. The number of carboxylic acid groups (broad SMARTS) is 1. The molecular weight excluding hydrogens is 494 g/mol. The first-order chi connectivity index (χ1) is 18.4. The maximum absolute atomic E-state index is 12.5. The fraction of sp³-hybridized carbons (Fsp3) is 0.250. The number of anilines is 1. The summed E-state index contributed by atoms with van der Waals surface area (Å²) in [6.45, 7) is 9.87. The van der Waals surface area contributed by atoms with Crippen LogP contribution >= 0.6 is 0 Å². The lowest BCUT2D eigenvalue weighted by Gasteiger charge is -2.27. The second kappa shape index (κ2) is 10.7. The maximum atomic E-state index is 12.5. The third-order valence-electron chi connectivity index (χ3n) is 6.27. The standard InChI is InChI=1S/C20H21NO3.C12H12O3/c1-13-5-7-16(12-18(13)23-4)21-19(22)15-6-8-17-14(11-15)9-10-20(2,3)24-17;1-12(2)6-5-8-7-9(11(13)14)3-4-10(8)15-12/h5-12H,1-4H3,(H,21,22);3-7H,1-2H3,(H,13,14). The maximum Gasteiger partial charge on any atom is 0.335 e. The molecule has 39 heavy (non-hydrogen) atoms. The van der Waals surface area contributed by atoms with Crippen molar-refractivity contribution in [1.29, 1.82) is 0 Å². The lowest BCUT2D eigenvalue weighted by atomic mass is 10.0. The lowest BCUT2D eigenvalue weighted by Crippen LogP contribution is -2.27. The average Bonchev–Trinajstić information content (AvgIpc) is 2.88. The second-order valence-corrected chi connectivity index (χ2v) is 10.5. The van der Waals surface area contributed by atoms with E-state index in [0.29, 0.717) is 11.3 Å². The number of ether oxygens (including phenoxy) is 3. The molecule has 0 saturated heterocycles. The molecule has 0 fully saturated rings. The van der Waals surface area contributed by atoms with Crippen molar-refractivity contribution in [2.45, 2.75) is 45.8 Å². The topological polar surface area (TPSA) is 94.1 Å². The van der Waals surface area contributed by atoms with Crippen molar-refractivity contribution in [3.8, 4) is 17.2 Å². The number of hydrogen-bond donors (Lipinski definition) is 2. The minimum absolute atomic E-state index is 0.165. The van der Waals surface area contributed by atoms with Gasteiger partial charge in [-0.3, -0.25) is 4.79 Å². The van der Waals surface area contributed by atoms with Gasteiger partial charge >= 0.3 is 5.97 Å².